The molecule has 7 aromatic carbocycles. The first kappa shape index (κ1) is 28.2. The Labute approximate surface area is 287 Å². The van der Waals surface area contributed by atoms with Crippen LogP contribution in [0.5, 0.6) is 0 Å². The molecule has 0 aliphatic rings. The molecule has 5 heteroatoms. The van der Waals surface area contributed by atoms with Gasteiger partial charge in [-0.3, -0.25) is 4.57 Å². The van der Waals surface area contributed by atoms with Gasteiger partial charge < -0.3 is 4.42 Å². The summed E-state index contributed by atoms with van der Waals surface area (Å²) in [6.07, 6.45) is 0. The highest BCUT2D eigenvalue weighted by Gasteiger charge is 2.19. The topological polar surface area (TPSA) is 56.7 Å². The molecule has 0 fully saturated rings. The molecule has 0 unspecified atom stereocenters. The number of benzene rings is 7. The van der Waals surface area contributed by atoms with Crippen LogP contribution in [0.3, 0.4) is 0 Å². The van der Waals surface area contributed by atoms with Crippen molar-refractivity contribution >= 4 is 43.7 Å². The number of nitrogens with zero attached hydrogens (tertiary/aromatic N) is 4. The molecule has 0 aliphatic heterocycles. The fourth-order valence-corrected chi connectivity index (χ4v) is 7.05. The molecule has 10 rings (SSSR count). The fourth-order valence-electron chi connectivity index (χ4n) is 7.05. The van der Waals surface area contributed by atoms with Crippen LogP contribution in [0.4, 0.5) is 0 Å². The molecule has 3 aromatic heterocycles. The number of fused-ring (bicyclic) bond motifs is 6. The summed E-state index contributed by atoms with van der Waals surface area (Å²) in [5, 5.41) is 4.50. The van der Waals surface area contributed by atoms with E-state index in [0.717, 1.165) is 77.1 Å². The molecule has 3 heterocycles. The van der Waals surface area contributed by atoms with Crippen molar-refractivity contribution in [2.75, 3.05) is 0 Å². The first-order valence-corrected chi connectivity index (χ1v) is 16.7. The predicted octanol–water partition coefficient (Wildman–Crippen LogP) is 11.5. The van der Waals surface area contributed by atoms with Gasteiger partial charge in [-0.15, -0.1) is 0 Å². The fraction of sp³-hybridized carbons (Fsp3) is 0. The van der Waals surface area contributed by atoms with E-state index in [-0.39, 0.29) is 0 Å². The van der Waals surface area contributed by atoms with Gasteiger partial charge in [0.15, 0.2) is 11.6 Å². The summed E-state index contributed by atoms with van der Waals surface area (Å²) in [5.41, 5.74) is 10.2. The molecule has 50 heavy (non-hydrogen) atoms. The number of furan rings is 1. The third-order valence-corrected chi connectivity index (χ3v) is 9.47. The average molecular weight is 641 g/mol. The lowest BCUT2D eigenvalue weighted by atomic mass is 10.0. The molecular formula is C45H28N4O. The van der Waals surface area contributed by atoms with Crippen molar-refractivity contribution in [1.29, 1.82) is 0 Å². The van der Waals surface area contributed by atoms with Gasteiger partial charge in [-0.25, -0.2) is 4.98 Å². The molecule has 0 amide bonds. The number of rotatable bonds is 5. The van der Waals surface area contributed by atoms with Crippen LogP contribution in [0.1, 0.15) is 0 Å². The first-order valence-electron chi connectivity index (χ1n) is 16.7. The summed E-state index contributed by atoms with van der Waals surface area (Å²) < 4.78 is 8.28. The zero-order valence-corrected chi connectivity index (χ0v) is 26.9. The van der Waals surface area contributed by atoms with Crippen molar-refractivity contribution in [3.05, 3.63) is 170 Å². The van der Waals surface area contributed by atoms with Gasteiger partial charge in [0.1, 0.15) is 11.2 Å². The van der Waals surface area contributed by atoms with Gasteiger partial charge in [-0.1, -0.05) is 127 Å². The summed E-state index contributed by atoms with van der Waals surface area (Å²) >= 11 is 0. The van der Waals surface area contributed by atoms with E-state index in [4.69, 9.17) is 19.4 Å². The van der Waals surface area contributed by atoms with Gasteiger partial charge in [-0.2, -0.15) is 9.97 Å². The van der Waals surface area contributed by atoms with Gasteiger partial charge in [0.05, 0.1) is 11.0 Å². The van der Waals surface area contributed by atoms with Crippen molar-refractivity contribution in [2.45, 2.75) is 0 Å². The largest absolute Gasteiger partial charge is 0.456 e. The molecule has 0 saturated heterocycles. The van der Waals surface area contributed by atoms with Crippen molar-refractivity contribution in [2.24, 2.45) is 0 Å². The zero-order valence-electron chi connectivity index (χ0n) is 26.9. The lowest BCUT2D eigenvalue weighted by molar-refractivity contribution is 0.669. The summed E-state index contributed by atoms with van der Waals surface area (Å²) in [7, 11) is 0. The predicted molar refractivity (Wildman–Crippen MR) is 203 cm³/mol. The summed E-state index contributed by atoms with van der Waals surface area (Å²) in [6.45, 7) is 0. The Balaban J connectivity index is 1.17. The van der Waals surface area contributed by atoms with E-state index in [1.54, 1.807) is 0 Å². The molecule has 0 N–H and O–H groups in total. The van der Waals surface area contributed by atoms with E-state index in [0.29, 0.717) is 17.6 Å². The van der Waals surface area contributed by atoms with Crippen molar-refractivity contribution in [1.82, 2.24) is 19.5 Å². The van der Waals surface area contributed by atoms with Crippen LogP contribution in [-0.2, 0) is 0 Å². The van der Waals surface area contributed by atoms with Gasteiger partial charge >= 0.3 is 0 Å². The highest BCUT2D eigenvalue weighted by Crippen LogP contribution is 2.37. The van der Waals surface area contributed by atoms with Crippen LogP contribution >= 0.6 is 0 Å². The Kier molecular flexibility index (Phi) is 6.42. The standard InChI is InChI=1S/C45H28N4O/c1-3-12-29(13-4-1)31-16-11-17-34(26-31)44-46-43(30-14-5-2-6-15-30)47-45(48-44)49-39-20-9-7-18-35(39)37-27-32(22-24-40(37)49)33-23-25-42-38(28-33)36-19-8-10-21-41(36)50-42/h1-28H. The Morgan fingerprint density at radius 3 is 1.72 bits per heavy atom. The van der Waals surface area contributed by atoms with Gasteiger partial charge in [0, 0.05) is 32.7 Å². The van der Waals surface area contributed by atoms with Gasteiger partial charge in [0.25, 0.3) is 0 Å². The molecule has 0 atom stereocenters. The third-order valence-electron chi connectivity index (χ3n) is 9.47. The Hall–Kier alpha value is -6.85. The van der Waals surface area contributed by atoms with Crippen molar-refractivity contribution in [3.63, 3.8) is 0 Å². The number of hydrogen-bond donors (Lipinski definition) is 0. The van der Waals surface area contributed by atoms with Crippen LogP contribution < -0.4 is 0 Å². The molecule has 0 aliphatic carbocycles. The molecule has 10 aromatic rings. The normalized spacial score (nSPS) is 11.6. The summed E-state index contributed by atoms with van der Waals surface area (Å²) in [4.78, 5) is 15.3. The quantitative estimate of drug-likeness (QED) is 0.188. The highest BCUT2D eigenvalue weighted by atomic mass is 16.3. The lowest BCUT2D eigenvalue weighted by Gasteiger charge is -2.12. The van der Waals surface area contributed by atoms with E-state index in [9.17, 15) is 0 Å². The maximum Gasteiger partial charge on any atom is 0.238 e. The third kappa shape index (κ3) is 4.67. The molecule has 5 nitrogen and oxygen atoms in total. The first-order chi connectivity index (χ1) is 24.8. The lowest BCUT2D eigenvalue weighted by Crippen LogP contribution is -2.06. The number of aromatic nitrogens is 4. The Morgan fingerprint density at radius 1 is 0.340 bits per heavy atom. The van der Waals surface area contributed by atoms with E-state index in [1.807, 2.05) is 48.5 Å². The second kappa shape index (κ2) is 11.4. The molecule has 0 bridgehead atoms. The number of para-hydroxylation sites is 2. The minimum absolute atomic E-state index is 0.573. The second-order valence-corrected chi connectivity index (χ2v) is 12.5. The maximum atomic E-state index is 6.11. The van der Waals surface area contributed by atoms with Crippen LogP contribution in [0.15, 0.2) is 174 Å². The Bertz CT molecular complexity index is 2870. The summed E-state index contributed by atoms with van der Waals surface area (Å²) in [6, 6.07) is 58.7. The second-order valence-electron chi connectivity index (χ2n) is 12.5. The summed E-state index contributed by atoms with van der Waals surface area (Å²) in [5.74, 6) is 1.82. The maximum absolute atomic E-state index is 6.11. The van der Waals surface area contributed by atoms with Crippen LogP contribution in [0.2, 0.25) is 0 Å². The van der Waals surface area contributed by atoms with E-state index in [2.05, 4.69) is 126 Å². The molecule has 0 saturated carbocycles. The molecule has 234 valence electrons. The highest BCUT2D eigenvalue weighted by molar-refractivity contribution is 6.11. The minimum atomic E-state index is 0.573. The number of hydrogen-bond acceptors (Lipinski definition) is 4. The monoisotopic (exact) mass is 640 g/mol. The molecular weight excluding hydrogens is 613 g/mol. The van der Waals surface area contributed by atoms with Crippen molar-refractivity contribution < 1.29 is 4.42 Å². The smallest absolute Gasteiger partial charge is 0.238 e. The minimum Gasteiger partial charge on any atom is -0.456 e. The van der Waals surface area contributed by atoms with Crippen LogP contribution in [0, 0.1) is 0 Å². The van der Waals surface area contributed by atoms with E-state index in [1.165, 1.54) is 0 Å². The SMILES string of the molecule is c1ccc(-c2cccc(-c3nc(-c4ccccc4)nc(-n4c5ccccc5c5cc(-c6ccc7oc8ccccc8c7c6)ccc54)n3)c2)cc1. The van der Waals surface area contributed by atoms with Gasteiger partial charge in [-0.05, 0) is 64.7 Å². The van der Waals surface area contributed by atoms with E-state index >= 15 is 0 Å². The van der Waals surface area contributed by atoms with Gasteiger partial charge in [0.2, 0.25) is 5.95 Å². The molecule has 0 spiro atoms. The van der Waals surface area contributed by atoms with Crippen molar-refractivity contribution in [3.8, 4) is 51.0 Å². The average Bonchev–Trinajstić information content (AvgIpc) is 3.73. The Morgan fingerprint density at radius 2 is 0.900 bits per heavy atom. The molecule has 0 radical (unpaired) electrons. The van der Waals surface area contributed by atoms with Crippen LogP contribution in [0.25, 0.3) is 94.7 Å². The zero-order chi connectivity index (χ0) is 33.0. The van der Waals surface area contributed by atoms with E-state index < -0.39 is 0 Å². The van der Waals surface area contributed by atoms with Crippen LogP contribution in [-0.4, -0.2) is 19.5 Å².